The van der Waals surface area contributed by atoms with E-state index in [-0.39, 0.29) is 37.4 Å². The second-order valence-corrected chi connectivity index (χ2v) is 10.7. The van der Waals surface area contributed by atoms with Gasteiger partial charge in [0.25, 0.3) is 0 Å². The summed E-state index contributed by atoms with van der Waals surface area (Å²) in [4.78, 5) is 14.6. The molecule has 1 unspecified atom stereocenters. The van der Waals surface area contributed by atoms with Crippen molar-refractivity contribution in [1.29, 1.82) is 0 Å². The van der Waals surface area contributed by atoms with E-state index >= 15 is 0 Å². The molecule has 6 atom stereocenters. The van der Waals surface area contributed by atoms with Crippen LogP contribution >= 0.6 is 0 Å². The molecule has 2 aromatic carbocycles. The summed E-state index contributed by atoms with van der Waals surface area (Å²) in [6.07, 6.45) is 1.18. The number of amides is 1. The predicted octanol–water partition coefficient (Wildman–Crippen LogP) is 3.11. The van der Waals surface area contributed by atoms with Crippen LogP contribution in [0.3, 0.4) is 0 Å². The van der Waals surface area contributed by atoms with Crippen molar-refractivity contribution in [2.24, 2.45) is 0 Å². The Kier molecular flexibility index (Phi) is 8.35. The maximum absolute atomic E-state index is 12.5. The second kappa shape index (κ2) is 11.3. The van der Waals surface area contributed by atoms with Gasteiger partial charge in [-0.15, -0.1) is 0 Å². The summed E-state index contributed by atoms with van der Waals surface area (Å²) in [5.74, 6) is 0.669. The molecule has 2 aliphatic heterocycles. The average Bonchev–Trinajstić information content (AvgIpc) is 2.95. The molecule has 0 aliphatic carbocycles. The molecule has 2 bridgehead atoms. The van der Waals surface area contributed by atoms with Crippen LogP contribution in [0.4, 0.5) is 0 Å². The van der Waals surface area contributed by atoms with E-state index in [2.05, 4.69) is 17.4 Å². The molecule has 3 N–H and O–H groups in total. The number of benzene rings is 2. The third-order valence-corrected chi connectivity index (χ3v) is 7.91. The van der Waals surface area contributed by atoms with Gasteiger partial charge in [0.15, 0.2) is 0 Å². The molecule has 2 saturated heterocycles. The zero-order valence-electron chi connectivity index (χ0n) is 21.6. The molecular formula is C29H40N2O5. The first kappa shape index (κ1) is 26.6. The zero-order valence-corrected chi connectivity index (χ0v) is 21.6. The molecule has 0 spiro atoms. The number of ether oxygens (including phenoxy) is 2. The highest BCUT2D eigenvalue weighted by Crippen LogP contribution is 2.51. The number of nitrogens with one attached hydrogen (secondary N) is 1. The van der Waals surface area contributed by atoms with E-state index in [0.717, 1.165) is 5.75 Å². The van der Waals surface area contributed by atoms with E-state index in [0.29, 0.717) is 25.7 Å². The van der Waals surface area contributed by atoms with Gasteiger partial charge in [0.05, 0.1) is 30.3 Å². The monoisotopic (exact) mass is 496 g/mol. The van der Waals surface area contributed by atoms with Crippen LogP contribution in [0.5, 0.6) is 5.75 Å². The minimum Gasteiger partial charge on any atom is -0.493 e. The number of aliphatic hydroxyl groups is 2. The zero-order chi connectivity index (χ0) is 25.8. The SMILES string of the molecule is CN(C)[C@@H]1CC[C@@]2(C(O)CNC(=O)CCOc3ccccc3)C[C@H](c3ccccc3)C[C@](C)(O2)[C@H]1O. The van der Waals surface area contributed by atoms with Gasteiger partial charge in [-0.3, -0.25) is 4.79 Å². The highest BCUT2D eigenvalue weighted by molar-refractivity contribution is 5.76. The molecule has 0 aromatic heterocycles. The van der Waals surface area contributed by atoms with E-state index in [4.69, 9.17) is 9.47 Å². The maximum Gasteiger partial charge on any atom is 0.223 e. The van der Waals surface area contributed by atoms with Crippen LogP contribution in [0, 0.1) is 0 Å². The van der Waals surface area contributed by atoms with Gasteiger partial charge >= 0.3 is 0 Å². The van der Waals surface area contributed by atoms with Crippen molar-refractivity contribution in [3.8, 4) is 5.75 Å². The third-order valence-electron chi connectivity index (χ3n) is 7.91. The lowest BCUT2D eigenvalue weighted by Gasteiger charge is -2.52. The van der Waals surface area contributed by atoms with E-state index in [1.807, 2.05) is 74.4 Å². The Morgan fingerprint density at radius 1 is 1.14 bits per heavy atom. The van der Waals surface area contributed by atoms with Crippen molar-refractivity contribution in [3.05, 3.63) is 66.2 Å². The Bertz CT molecular complexity index is 988. The van der Waals surface area contributed by atoms with Crippen molar-refractivity contribution in [2.75, 3.05) is 27.2 Å². The molecule has 0 saturated carbocycles. The number of fused-ring (bicyclic) bond motifs is 2. The van der Waals surface area contributed by atoms with Crippen LogP contribution in [0.1, 0.15) is 50.5 Å². The van der Waals surface area contributed by atoms with Crippen LogP contribution in [-0.4, -0.2) is 77.7 Å². The lowest BCUT2D eigenvalue weighted by Crippen LogP contribution is -2.61. The fourth-order valence-corrected chi connectivity index (χ4v) is 5.95. The number of likely N-dealkylation sites (N-methyl/N-ethyl adjacent to an activating group) is 1. The van der Waals surface area contributed by atoms with Crippen LogP contribution in [0.2, 0.25) is 0 Å². The standard InChI is InChI=1S/C29H40N2O5/c1-28-18-22(21-10-6-4-7-11-21)19-29(36-28,16-14-24(27(28)34)31(2)3)25(32)20-30-26(33)15-17-35-23-12-8-5-9-13-23/h4-13,22,24-25,27,32,34H,14-20H2,1-3H3,(H,30,33)/t22-,24-,25?,27+,28+,29+/m1/s1. The second-order valence-electron chi connectivity index (χ2n) is 10.7. The van der Waals surface area contributed by atoms with E-state index in [9.17, 15) is 15.0 Å². The molecule has 1 amide bonds. The van der Waals surface area contributed by atoms with Gasteiger partial charge in [0.1, 0.15) is 11.9 Å². The Morgan fingerprint density at radius 3 is 2.47 bits per heavy atom. The van der Waals surface area contributed by atoms with Gasteiger partial charge in [0.2, 0.25) is 5.91 Å². The number of para-hydroxylation sites is 1. The molecule has 7 heteroatoms. The Hall–Kier alpha value is -2.45. The molecule has 2 heterocycles. The number of aliphatic hydroxyl groups excluding tert-OH is 2. The first-order chi connectivity index (χ1) is 17.2. The van der Waals surface area contributed by atoms with Crippen molar-refractivity contribution in [3.63, 3.8) is 0 Å². The normalized spacial score (nSPS) is 30.9. The first-order valence-electron chi connectivity index (χ1n) is 12.9. The van der Waals surface area contributed by atoms with Crippen molar-refractivity contribution in [1.82, 2.24) is 10.2 Å². The Morgan fingerprint density at radius 2 is 1.81 bits per heavy atom. The minimum absolute atomic E-state index is 0.0803. The average molecular weight is 497 g/mol. The summed E-state index contributed by atoms with van der Waals surface area (Å²) in [6, 6.07) is 19.6. The van der Waals surface area contributed by atoms with Crippen LogP contribution in [0.25, 0.3) is 0 Å². The van der Waals surface area contributed by atoms with Crippen LogP contribution in [0.15, 0.2) is 60.7 Å². The number of hydrogen-bond acceptors (Lipinski definition) is 6. The van der Waals surface area contributed by atoms with Crippen molar-refractivity contribution < 1.29 is 24.5 Å². The quantitative estimate of drug-likeness (QED) is 0.494. The summed E-state index contributed by atoms with van der Waals surface area (Å²) < 4.78 is 12.3. The van der Waals surface area contributed by atoms with Crippen molar-refractivity contribution >= 4 is 5.91 Å². The fourth-order valence-electron chi connectivity index (χ4n) is 5.95. The van der Waals surface area contributed by atoms with Gasteiger partial charge in [0, 0.05) is 12.6 Å². The molecule has 4 rings (SSSR count). The molecular weight excluding hydrogens is 456 g/mol. The highest BCUT2D eigenvalue weighted by Gasteiger charge is 2.57. The molecule has 7 nitrogen and oxygen atoms in total. The smallest absolute Gasteiger partial charge is 0.223 e. The van der Waals surface area contributed by atoms with Crippen LogP contribution < -0.4 is 10.1 Å². The van der Waals surface area contributed by atoms with Gasteiger partial charge in [-0.2, -0.15) is 0 Å². The Labute approximate surface area is 214 Å². The lowest BCUT2D eigenvalue weighted by atomic mass is 9.72. The van der Waals surface area contributed by atoms with Gasteiger partial charge in [-0.1, -0.05) is 48.5 Å². The number of carbonyl (C=O) groups is 1. The maximum atomic E-state index is 12.5. The largest absolute Gasteiger partial charge is 0.493 e. The van der Waals surface area contributed by atoms with Crippen LogP contribution in [-0.2, 0) is 9.53 Å². The van der Waals surface area contributed by atoms with E-state index < -0.39 is 23.4 Å². The molecule has 0 radical (unpaired) electrons. The summed E-state index contributed by atoms with van der Waals surface area (Å²) >= 11 is 0. The highest BCUT2D eigenvalue weighted by atomic mass is 16.6. The predicted molar refractivity (Wildman–Crippen MR) is 139 cm³/mol. The van der Waals surface area contributed by atoms with Crippen molar-refractivity contribution in [2.45, 2.75) is 74.4 Å². The Balaban J connectivity index is 1.46. The summed E-state index contributed by atoms with van der Waals surface area (Å²) in [5, 5.41) is 25.8. The number of hydrogen-bond donors (Lipinski definition) is 3. The number of nitrogens with zero attached hydrogens (tertiary/aromatic N) is 1. The lowest BCUT2D eigenvalue weighted by molar-refractivity contribution is -0.250. The molecule has 196 valence electrons. The molecule has 36 heavy (non-hydrogen) atoms. The van der Waals surface area contributed by atoms with Gasteiger partial charge in [-0.25, -0.2) is 0 Å². The van der Waals surface area contributed by atoms with Gasteiger partial charge in [-0.05, 0) is 70.3 Å². The first-order valence-corrected chi connectivity index (χ1v) is 12.9. The molecule has 2 fully saturated rings. The van der Waals surface area contributed by atoms with Gasteiger partial charge < -0.3 is 29.9 Å². The van der Waals surface area contributed by atoms with E-state index in [1.54, 1.807) is 0 Å². The summed E-state index contributed by atoms with van der Waals surface area (Å²) in [7, 11) is 3.95. The molecule has 2 aromatic rings. The topological polar surface area (TPSA) is 91.3 Å². The summed E-state index contributed by atoms with van der Waals surface area (Å²) in [5.41, 5.74) is -0.507. The fraction of sp³-hybridized carbons (Fsp3) is 0.552. The third kappa shape index (κ3) is 5.92. The minimum atomic E-state index is -0.907. The molecule has 2 aliphatic rings. The summed E-state index contributed by atoms with van der Waals surface area (Å²) in [6.45, 7) is 2.32. The van der Waals surface area contributed by atoms with E-state index in [1.165, 1.54) is 5.56 Å². The number of carbonyl (C=O) groups excluding carboxylic acids is 1. The number of rotatable bonds is 9.